The first kappa shape index (κ1) is 20.1. The fraction of sp³-hybridized carbons (Fsp3) is 1.00. The topological polar surface area (TPSA) is 53.7 Å². The maximum Gasteiger partial charge on any atom is 0.0854 e. The van der Waals surface area contributed by atoms with Gasteiger partial charge in [0.15, 0.2) is 0 Å². The van der Waals surface area contributed by atoms with E-state index in [9.17, 15) is 0 Å². The smallest absolute Gasteiger partial charge is 0.0854 e. The minimum Gasteiger partial charge on any atom is -0.205 e. The molecule has 0 heterocycles. The molecule has 0 saturated heterocycles. The van der Waals surface area contributed by atoms with E-state index in [0.29, 0.717) is 6.61 Å². The fourth-order valence-electron chi connectivity index (χ4n) is 2.16. The van der Waals surface area contributed by atoms with Crippen LogP contribution in [0.1, 0.15) is 77.6 Å². The summed E-state index contributed by atoms with van der Waals surface area (Å²) in [4.78, 5) is 8.49. The molecule has 0 aliphatic rings. The molecule has 5 heteroatoms. The second kappa shape index (κ2) is 19.1. The summed E-state index contributed by atoms with van der Waals surface area (Å²) in [5, 5.41) is 4.13. The zero-order valence-electron chi connectivity index (χ0n) is 13.2. The normalized spacial score (nSPS) is 11.1. The molecule has 0 amide bonds. The highest BCUT2D eigenvalue weighted by Gasteiger charge is 1.95. The molecule has 0 spiro atoms. The lowest BCUT2D eigenvalue weighted by atomic mass is 10.1. The molecule has 0 aromatic carbocycles. The van der Waals surface area contributed by atoms with Gasteiger partial charge in [-0.1, -0.05) is 83.2 Å². The Hall–Kier alpha value is 0.0569. The Balaban J connectivity index is 2.89. The highest BCUT2D eigenvalue weighted by Crippen LogP contribution is 2.11. The van der Waals surface area contributed by atoms with Crippen LogP contribution in [-0.4, -0.2) is 16.1 Å². The van der Waals surface area contributed by atoms with Gasteiger partial charge in [-0.15, -0.1) is 4.99 Å². The summed E-state index contributed by atoms with van der Waals surface area (Å²) in [7, 11) is 1.10. The lowest BCUT2D eigenvalue weighted by Crippen LogP contribution is -2.03. The molecule has 120 valence electrons. The standard InChI is InChI=1S/C15H33NO3Si/c1-2-3-4-5-6-7-8-9-11-14-20-15-12-10-13-17-19-18-16/h2-16H2,1H3. The molecule has 0 bridgehead atoms. The average Bonchev–Trinajstić information content (AvgIpc) is 2.47. The summed E-state index contributed by atoms with van der Waals surface area (Å²) in [6.45, 7) is 2.83. The number of hydrogen-bond acceptors (Lipinski definition) is 4. The minimum atomic E-state index is 0.555. The number of unbranched alkanes of at least 4 members (excludes halogenated alkanes) is 9. The van der Waals surface area contributed by atoms with Gasteiger partial charge in [-0.3, -0.25) is 0 Å². The molecule has 4 nitrogen and oxygen atoms in total. The van der Waals surface area contributed by atoms with Crippen LogP contribution in [0.5, 0.6) is 0 Å². The van der Waals surface area contributed by atoms with Crippen LogP contribution in [0.2, 0.25) is 12.1 Å². The second-order valence-electron chi connectivity index (χ2n) is 5.27. The molecule has 2 radical (unpaired) electrons. The van der Waals surface area contributed by atoms with Crippen molar-refractivity contribution < 1.29 is 14.9 Å². The maximum absolute atomic E-state index is 4.65. The van der Waals surface area contributed by atoms with E-state index in [0.717, 1.165) is 15.9 Å². The third-order valence-electron chi connectivity index (χ3n) is 3.38. The first-order valence-corrected chi connectivity index (χ1v) is 9.69. The quantitative estimate of drug-likeness (QED) is 0.185. The highest BCUT2D eigenvalue weighted by atomic mass is 28.2. The van der Waals surface area contributed by atoms with Crippen LogP contribution >= 0.6 is 0 Å². The molecular formula is C15H33NO3Si. The molecule has 20 heavy (non-hydrogen) atoms. The summed E-state index contributed by atoms with van der Waals surface area (Å²) < 4.78 is 0. The van der Waals surface area contributed by atoms with E-state index < -0.39 is 0 Å². The first-order chi connectivity index (χ1) is 9.91. The molecule has 0 aliphatic carbocycles. The van der Waals surface area contributed by atoms with Gasteiger partial charge in [-0.05, 0) is 11.5 Å². The molecule has 0 aromatic rings. The maximum atomic E-state index is 4.65. The molecule has 0 saturated carbocycles. The molecule has 0 rings (SSSR count). The van der Waals surface area contributed by atoms with Crippen LogP contribution in [0, 0.1) is 0 Å². The Morgan fingerprint density at radius 1 is 0.750 bits per heavy atom. The van der Waals surface area contributed by atoms with Gasteiger partial charge in [0.05, 0.1) is 6.61 Å². The molecule has 2 N–H and O–H groups in total. The summed E-state index contributed by atoms with van der Waals surface area (Å²) in [6, 6.07) is 2.71. The van der Waals surface area contributed by atoms with Crippen molar-refractivity contribution in [2.45, 2.75) is 89.6 Å². The molecule has 0 unspecified atom stereocenters. The van der Waals surface area contributed by atoms with Crippen molar-refractivity contribution in [1.82, 2.24) is 0 Å². The number of rotatable bonds is 17. The van der Waals surface area contributed by atoms with Gasteiger partial charge in [-0.25, -0.2) is 4.89 Å². The van der Waals surface area contributed by atoms with Gasteiger partial charge in [-0.2, -0.15) is 5.90 Å². The van der Waals surface area contributed by atoms with Crippen molar-refractivity contribution in [2.75, 3.05) is 6.61 Å². The summed E-state index contributed by atoms with van der Waals surface area (Å²) in [5.41, 5.74) is 0. The van der Waals surface area contributed by atoms with Crippen molar-refractivity contribution in [3.8, 4) is 0 Å². The van der Waals surface area contributed by atoms with E-state index in [1.54, 1.807) is 0 Å². The molecule has 0 aliphatic heterocycles. The lowest BCUT2D eigenvalue weighted by molar-refractivity contribution is -0.516. The van der Waals surface area contributed by atoms with Crippen LogP contribution in [0.3, 0.4) is 0 Å². The number of nitrogens with two attached hydrogens (primary N) is 1. The van der Waals surface area contributed by atoms with Gasteiger partial charge >= 0.3 is 0 Å². The van der Waals surface area contributed by atoms with Crippen LogP contribution in [0.25, 0.3) is 0 Å². The average molecular weight is 304 g/mol. The lowest BCUT2D eigenvalue weighted by Gasteiger charge is -2.02. The van der Waals surface area contributed by atoms with E-state index in [2.05, 4.69) is 27.7 Å². The first-order valence-electron chi connectivity index (χ1n) is 8.27. The molecule has 0 fully saturated rings. The second-order valence-corrected chi connectivity index (χ2v) is 6.77. The van der Waals surface area contributed by atoms with Crippen molar-refractivity contribution in [1.29, 1.82) is 0 Å². The Morgan fingerprint density at radius 2 is 1.30 bits per heavy atom. The Morgan fingerprint density at radius 3 is 1.90 bits per heavy atom. The monoisotopic (exact) mass is 303 g/mol. The zero-order valence-corrected chi connectivity index (χ0v) is 14.2. The summed E-state index contributed by atoms with van der Waals surface area (Å²) >= 11 is 0. The van der Waals surface area contributed by atoms with Gasteiger partial charge in [0, 0.05) is 9.52 Å². The van der Waals surface area contributed by atoms with Crippen LogP contribution in [0.15, 0.2) is 0 Å². The van der Waals surface area contributed by atoms with Crippen LogP contribution in [-0.2, 0) is 14.9 Å². The third-order valence-corrected chi connectivity index (χ3v) is 4.79. The summed E-state index contributed by atoms with van der Waals surface area (Å²) in [6.07, 6.45) is 15.0. The van der Waals surface area contributed by atoms with Crippen LogP contribution in [0.4, 0.5) is 0 Å². The van der Waals surface area contributed by atoms with Gasteiger partial charge < -0.3 is 0 Å². The van der Waals surface area contributed by atoms with E-state index in [1.165, 1.54) is 76.3 Å². The van der Waals surface area contributed by atoms with Gasteiger partial charge in [0.25, 0.3) is 0 Å². The third kappa shape index (κ3) is 18.1. The van der Waals surface area contributed by atoms with Gasteiger partial charge in [0.1, 0.15) is 0 Å². The van der Waals surface area contributed by atoms with Gasteiger partial charge in [0.2, 0.25) is 0 Å². The van der Waals surface area contributed by atoms with E-state index >= 15 is 0 Å². The van der Waals surface area contributed by atoms with Crippen molar-refractivity contribution in [3.63, 3.8) is 0 Å². The van der Waals surface area contributed by atoms with Crippen molar-refractivity contribution in [2.24, 2.45) is 5.90 Å². The van der Waals surface area contributed by atoms with Crippen molar-refractivity contribution >= 4 is 9.52 Å². The Bertz CT molecular complexity index is 155. The largest absolute Gasteiger partial charge is 0.205 e. The fourth-order valence-corrected chi connectivity index (χ4v) is 3.41. The molecule has 0 atom stereocenters. The zero-order chi connectivity index (χ0) is 14.7. The van der Waals surface area contributed by atoms with E-state index in [4.69, 9.17) is 0 Å². The minimum absolute atomic E-state index is 0.555. The predicted molar refractivity (Wildman–Crippen MR) is 84.1 cm³/mol. The van der Waals surface area contributed by atoms with Crippen molar-refractivity contribution in [3.05, 3.63) is 0 Å². The highest BCUT2D eigenvalue weighted by molar-refractivity contribution is 6.35. The van der Waals surface area contributed by atoms with Crippen LogP contribution < -0.4 is 5.90 Å². The molecular weight excluding hydrogens is 270 g/mol. The summed E-state index contributed by atoms with van der Waals surface area (Å²) in [5.74, 6) is 4.64. The van der Waals surface area contributed by atoms with E-state index in [1.807, 2.05) is 0 Å². The predicted octanol–water partition coefficient (Wildman–Crippen LogP) is 4.59. The van der Waals surface area contributed by atoms with E-state index in [-0.39, 0.29) is 0 Å². The Labute approximate surface area is 127 Å². The SMILES string of the molecule is CCCCCCCCCCC[Si]CCCCOOON. The molecule has 0 aromatic heterocycles. The number of hydrogen-bond donors (Lipinski definition) is 1. The Kier molecular flexibility index (Phi) is 19.1.